The van der Waals surface area contributed by atoms with Crippen LogP contribution in [-0.4, -0.2) is 46.7 Å². The van der Waals surface area contributed by atoms with Gasteiger partial charge in [0.05, 0.1) is 12.5 Å². The number of rotatable bonds is 4. The number of carbonyl (C=O) groups is 2. The van der Waals surface area contributed by atoms with E-state index in [0.29, 0.717) is 24.7 Å². The molecule has 7 nitrogen and oxygen atoms in total. The van der Waals surface area contributed by atoms with E-state index in [2.05, 4.69) is 10.5 Å². The second-order valence-corrected chi connectivity index (χ2v) is 4.10. The van der Waals surface area contributed by atoms with E-state index in [1.807, 2.05) is 0 Å². The smallest absolute Gasteiger partial charge is 0.309 e. The van der Waals surface area contributed by atoms with Gasteiger partial charge < -0.3 is 14.9 Å². The molecule has 0 unspecified atom stereocenters. The Hall–Kier alpha value is -1.89. The van der Waals surface area contributed by atoms with Crippen LogP contribution in [0, 0.1) is 12.8 Å². The molecule has 1 saturated heterocycles. The third-order valence-electron chi connectivity index (χ3n) is 2.57. The maximum absolute atomic E-state index is 11.5. The SMILES string of the molecule is Cc1cc(NC(=O)CN2CC(C(=O)O)C2)no1. The number of hydrogen-bond acceptors (Lipinski definition) is 5. The summed E-state index contributed by atoms with van der Waals surface area (Å²) in [6.45, 7) is 2.74. The summed E-state index contributed by atoms with van der Waals surface area (Å²) < 4.78 is 4.80. The van der Waals surface area contributed by atoms with Crippen molar-refractivity contribution in [1.82, 2.24) is 10.1 Å². The van der Waals surface area contributed by atoms with Crippen molar-refractivity contribution in [3.8, 4) is 0 Å². The molecule has 1 amide bonds. The largest absolute Gasteiger partial charge is 0.481 e. The van der Waals surface area contributed by atoms with Crippen LogP contribution >= 0.6 is 0 Å². The van der Waals surface area contributed by atoms with E-state index in [-0.39, 0.29) is 18.4 Å². The first-order valence-electron chi connectivity index (χ1n) is 5.23. The molecular formula is C10H13N3O4. The number of amides is 1. The van der Waals surface area contributed by atoms with Crippen molar-refractivity contribution < 1.29 is 19.2 Å². The van der Waals surface area contributed by atoms with E-state index < -0.39 is 5.97 Å². The van der Waals surface area contributed by atoms with Crippen LogP contribution in [-0.2, 0) is 9.59 Å². The quantitative estimate of drug-likeness (QED) is 0.764. The first-order chi connectivity index (χ1) is 8.04. The Morgan fingerprint density at radius 1 is 1.65 bits per heavy atom. The fourth-order valence-corrected chi connectivity index (χ4v) is 1.67. The van der Waals surface area contributed by atoms with Crippen LogP contribution in [0.3, 0.4) is 0 Å². The number of likely N-dealkylation sites (tertiary alicyclic amines) is 1. The molecule has 0 spiro atoms. The zero-order valence-electron chi connectivity index (χ0n) is 9.34. The van der Waals surface area contributed by atoms with E-state index in [1.54, 1.807) is 17.9 Å². The van der Waals surface area contributed by atoms with Crippen molar-refractivity contribution in [1.29, 1.82) is 0 Å². The van der Waals surface area contributed by atoms with Crippen LogP contribution in [0.1, 0.15) is 5.76 Å². The molecule has 0 aliphatic carbocycles. The fraction of sp³-hybridized carbons (Fsp3) is 0.500. The van der Waals surface area contributed by atoms with Gasteiger partial charge >= 0.3 is 5.97 Å². The number of nitrogens with one attached hydrogen (secondary N) is 1. The third kappa shape index (κ3) is 2.82. The highest BCUT2D eigenvalue weighted by molar-refractivity contribution is 5.91. The first-order valence-corrected chi connectivity index (χ1v) is 5.23. The molecule has 0 saturated carbocycles. The molecule has 0 bridgehead atoms. The summed E-state index contributed by atoms with van der Waals surface area (Å²) in [5.74, 6) is -0.383. The number of aliphatic carboxylic acids is 1. The van der Waals surface area contributed by atoms with Gasteiger partial charge in [-0.3, -0.25) is 14.5 Å². The molecule has 1 aliphatic heterocycles. The van der Waals surface area contributed by atoms with Crippen molar-refractivity contribution in [2.75, 3.05) is 25.0 Å². The topological polar surface area (TPSA) is 95.7 Å². The summed E-state index contributed by atoms with van der Waals surface area (Å²) >= 11 is 0. The molecule has 0 radical (unpaired) electrons. The average molecular weight is 239 g/mol. The van der Waals surface area contributed by atoms with Crippen molar-refractivity contribution in [3.05, 3.63) is 11.8 Å². The highest BCUT2D eigenvalue weighted by Gasteiger charge is 2.33. The van der Waals surface area contributed by atoms with Gasteiger partial charge in [0.15, 0.2) is 5.82 Å². The van der Waals surface area contributed by atoms with Gasteiger partial charge in [-0.15, -0.1) is 0 Å². The number of hydrogen-bond donors (Lipinski definition) is 2. The molecule has 1 fully saturated rings. The standard InChI is InChI=1S/C10H13N3O4/c1-6-2-8(12-17-6)11-9(14)5-13-3-7(4-13)10(15)16/h2,7H,3-5H2,1H3,(H,15,16)(H,11,12,14). The van der Waals surface area contributed by atoms with E-state index in [4.69, 9.17) is 9.63 Å². The van der Waals surface area contributed by atoms with Gasteiger partial charge in [0, 0.05) is 19.2 Å². The van der Waals surface area contributed by atoms with Crippen molar-refractivity contribution in [3.63, 3.8) is 0 Å². The number of carbonyl (C=O) groups excluding carboxylic acids is 1. The van der Waals surface area contributed by atoms with Gasteiger partial charge in [-0.2, -0.15) is 0 Å². The van der Waals surface area contributed by atoms with Gasteiger partial charge in [-0.1, -0.05) is 5.16 Å². The fourth-order valence-electron chi connectivity index (χ4n) is 1.67. The summed E-state index contributed by atoms with van der Waals surface area (Å²) in [5, 5.41) is 14.9. The van der Waals surface area contributed by atoms with Crippen molar-refractivity contribution in [2.24, 2.45) is 5.92 Å². The Labute approximate surface area is 97.4 Å². The number of anilines is 1. The van der Waals surface area contributed by atoms with Crippen LogP contribution in [0.2, 0.25) is 0 Å². The molecule has 1 aromatic heterocycles. The molecule has 0 atom stereocenters. The summed E-state index contributed by atoms with van der Waals surface area (Å²) in [6, 6.07) is 1.62. The van der Waals surface area contributed by atoms with Crippen molar-refractivity contribution in [2.45, 2.75) is 6.92 Å². The summed E-state index contributed by atoms with van der Waals surface area (Å²) in [7, 11) is 0. The Morgan fingerprint density at radius 3 is 2.88 bits per heavy atom. The molecule has 2 heterocycles. The van der Waals surface area contributed by atoms with E-state index in [0.717, 1.165) is 0 Å². The monoisotopic (exact) mass is 239 g/mol. The van der Waals surface area contributed by atoms with Gasteiger partial charge in [-0.25, -0.2) is 0 Å². The zero-order valence-corrected chi connectivity index (χ0v) is 9.34. The number of aryl methyl sites for hydroxylation is 1. The number of nitrogens with zero attached hydrogens (tertiary/aromatic N) is 2. The summed E-state index contributed by atoms with van der Waals surface area (Å²) in [4.78, 5) is 23.8. The Bertz CT molecular complexity index is 437. The number of carboxylic acids is 1. The lowest BCUT2D eigenvalue weighted by atomic mass is 10.0. The average Bonchev–Trinajstić information content (AvgIpc) is 2.56. The molecule has 17 heavy (non-hydrogen) atoms. The van der Waals surface area contributed by atoms with E-state index in [9.17, 15) is 9.59 Å². The van der Waals surface area contributed by atoms with E-state index >= 15 is 0 Å². The molecule has 2 N–H and O–H groups in total. The van der Waals surface area contributed by atoms with Gasteiger partial charge in [0.25, 0.3) is 0 Å². The van der Waals surface area contributed by atoms with Crippen LogP contribution in [0.25, 0.3) is 0 Å². The second kappa shape index (κ2) is 4.54. The first kappa shape index (κ1) is 11.6. The zero-order chi connectivity index (χ0) is 12.4. The van der Waals surface area contributed by atoms with Crippen LogP contribution in [0.15, 0.2) is 10.6 Å². The highest BCUT2D eigenvalue weighted by atomic mass is 16.5. The van der Waals surface area contributed by atoms with Crippen LogP contribution < -0.4 is 5.32 Å². The van der Waals surface area contributed by atoms with E-state index in [1.165, 1.54) is 0 Å². The predicted octanol–water partition coefficient (Wildman–Crippen LogP) is -0.0621. The minimum Gasteiger partial charge on any atom is -0.481 e. The normalized spacial score (nSPS) is 16.5. The minimum absolute atomic E-state index is 0.176. The summed E-state index contributed by atoms with van der Waals surface area (Å²) in [5.41, 5.74) is 0. The molecule has 7 heteroatoms. The van der Waals surface area contributed by atoms with Gasteiger partial charge in [0.1, 0.15) is 5.76 Å². The maximum atomic E-state index is 11.5. The third-order valence-corrected chi connectivity index (χ3v) is 2.57. The Morgan fingerprint density at radius 2 is 2.35 bits per heavy atom. The lowest BCUT2D eigenvalue weighted by molar-refractivity contribution is -0.148. The minimum atomic E-state index is -0.811. The maximum Gasteiger partial charge on any atom is 0.309 e. The molecule has 92 valence electrons. The Kier molecular flexibility index (Phi) is 3.10. The highest BCUT2D eigenvalue weighted by Crippen LogP contribution is 2.15. The van der Waals surface area contributed by atoms with Crippen LogP contribution in [0.4, 0.5) is 5.82 Å². The van der Waals surface area contributed by atoms with Crippen molar-refractivity contribution >= 4 is 17.7 Å². The van der Waals surface area contributed by atoms with Gasteiger partial charge in [-0.05, 0) is 6.92 Å². The molecule has 0 aromatic carbocycles. The Balaban J connectivity index is 1.74. The lowest BCUT2D eigenvalue weighted by Crippen LogP contribution is -2.52. The predicted molar refractivity (Wildman–Crippen MR) is 57.4 cm³/mol. The number of carboxylic acid groups (broad SMARTS) is 1. The second-order valence-electron chi connectivity index (χ2n) is 4.10. The molecule has 1 aromatic rings. The van der Waals surface area contributed by atoms with Gasteiger partial charge in [0.2, 0.25) is 5.91 Å². The van der Waals surface area contributed by atoms with Crippen LogP contribution in [0.5, 0.6) is 0 Å². The molecule has 2 rings (SSSR count). The lowest BCUT2D eigenvalue weighted by Gasteiger charge is -2.35. The molecular weight excluding hydrogens is 226 g/mol. The molecule has 1 aliphatic rings. The summed E-state index contributed by atoms with van der Waals surface area (Å²) in [6.07, 6.45) is 0. The number of aromatic nitrogens is 1.